The maximum atomic E-state index is 13.8. The van der Waals surface area contributed by atoms with Gasteiger partial charge >= 0.3 is 0 Å². The summed E-state index contributed by atoms with van der Waals surface area (Å²) in [5.41, 5.74) is 2.08. The molecule has 6 heteroatoms. The van der Waals surface area contributed by atoms with Crippen molar-refractivity contribution in [2.24, 2.45) is 0 Å². The number of halogens is 3. The lowest BCUT2D eigenvalue weighted by Gasteiger charge is -2.12. The van der Waals surface area contributed by atoms with Gasteiger partial charge in [-0.15, -0.1) is 11.6 Å². The first kappa shape index (κ1) is 15.1. The van der Waals surface area contributed by atoms with Crippen LogP contribution in [0.2, 0.25) is 5.02 Å². The number of nitrogens with zero attached hydrogens (tertiary/aromatic N) is 2. The Bertz CT molecular complexity index is 613. The zero-order chi connectivity index (χ0) is 14.7. The largest absolute Gasteiger partial charge is 0.484 e. The fraction of sp³-hybridized carbons (Fsp3) is 0.357. The Morgan fingerprint density at radius 1 is 1.40 bits per heavy atom. The minimum absolute atomic E-state index is 0.151. The van der Waals surface area contributed by atoms with Crippen LogP contribution < -0.4 is 4.74 Å². The third-order valence-electron chi connectivity index (χ3n) is 3.00. The van der Waals surface area contributed by atoms with Crippen molar-refractivity contribution in [3.05, 3.63) is 46.0 Å². The van der Waals surface area contributed by atoms with Crippen molar-refractivity contribution in [1.29, 1.82) is 0 Å². The number of aryl methyl sites for hydroxylation is 2. The van der Waals surface area contributed by atoms with E-state index in [1.807, 2.05) is 13.8 Å². The molecule has 3 nitrogen and oxygen atoms in total. The summed E-state index contributed by atoms with van der Waals surface area (Å²) >= 11 is 12.0. The van der Waals surface area contributed by atoms with Crippen molar-refractivity contribution < 1.29 is 9.13 Å². The minimum Gasteiger partial charge on any atom is -0.484 e. The first-order valence-corrected chi connectivity index (χ1v) is 7.17. The molecule has 1 heterocycles. The number of ether oxygens (including phenoxy) is 1. The van der Waals surface area contributed by atoms with Gasteiger partial charge in [-0.05, 0) is 19.9 Å². The van der Waals surface area contributed by atoms with Gasteiger partial charge in [0, 0.05) is 12.1 Å². The number of alkyl halides is 1. The van der Waals surface area contributed by atoms with Gasteiger partial charge in [-0.2, -0.15) is 5.10 Å². The van der Waals surface area contributed by atoms with Gasteiger partial charge in [-0.25, -0.2) is 4.39 Å². The number of aromatic nitrogens is 2. The molecule has 0 N–H and O–H groups in total. The first-order valence-electron chi connectivity index (χ1n) is 6.26. The topological polar surface area (TPSA) is 27.1 Å². The number of benzene rings is 1. The van der Waals surface area contributed by atoms with Crippen molar-refractivity contribution in [3.63, 3.8) is 0 Å². The second kappa shape index (κ2) is 6.46. The molecule has 0 aliphatic carbocycles. The Morgan fingerprint density at radius 3 is 2.80 bits per heavy atom. The summed E-state index contributed by atoms with van der Waals surface area (Å²) in [6.07, 6.45) is 0. The highest BCUT2D eigenvalue weighted by atomic mass is 35.5. The normalized spacial score (nSPS) is 10.8. The highest BCUT2D eigenvalue weighted by Crippen LogP contribution is 2.27. The van der Waals surface area contributed by atoms with E-state index < -0.39 is 5.82 Å². The molecule has 1 aromatic carbocycles. The van der Waals surface area contributed by atoms with Crippen LogP contribution in [-0.4, -0.2) is 9.78 Å². The molecule has 20 heavy (non-hydrogen) atoms. The monoisotopic (exact) mass is 316 g/mol. The Kier molecular flexibility index (Phi) is 4.89. The molecule has 0 aliphatic rings. The molecule has 0 radical (unpaired) electrons. The minimum atomic E-state index is -0.432. The van der Waals surface area contributed by atoms with E-state index >= 15 is 0 Å². The predicted molar refractivity (Wildman–Crippen MR) is 77.9 cm³/mol. The highest BCUT2D eigenvalue weighted by molar-refractivity contribution is 6.31. The molecule has 0 amide bonds. The predicted octanol–water partition coefficient (Wildman–Crippen LogP) is 4.32. The lowest BCUT2D eigenvalue weighted by atomic mass is 10.2. The molecular weight excluding hydrogens is 302 g/mol. The summed E-state index contributed by atoms with van der Waals surface area (Å²) in [6, 6.07) is 4.68. The number of para-hydroxylation sites is 1. The molecule has 108 valence electrons. The SMILES string of the molecule is CCn1nc(C)c(Cl)c1COc1c(F)cccc1CCl. The van der Waals surface area contributed by atoms with Gasteiger partial charge in [0.25, 0.3) is 0 Å². The smallest absolute Gasteiger partial charge is 0.165 e. The third-order valence-corrected chi connectivity index (χ3v) is 3.78. The fourth-order valence-corrected chi connectivity index (χ4v) is 2.37. The Morgan fingerprint density at radius 2 is 2.15 bits per heavy atom. The summed E-state index contributed by atoms with van der Waals surface area (Å²) < 4.78 is 21.1. The summed E-state index contributed by atoms with van der Waals surface area (Å²) in [7, 11) is 0. The average molecular weight is 317 g/mol. The summed E-state index contributed by atoms with van der Waals surface area (Å²) in [4.78, 5) is 0. The van der Waals surface area contributed by atoms with Crippen LogP contribution in [0.25, 0.3) is 0 Å². The zero-order valence-electron chi connectivity index (χ0n) is 11.3. The van der Waals surface area contributed by atoms with E-state index in [0.29, 0.717) is 17.1 Å². The van der Waals surface area contributed by atoms with Gasteiger partial charge in [0.05, 0.1) is 22.3 Å². The first-order chi connectivity index (χ1) is 9.58. The van der Waals surface area contributed by atoms with E-state index in [-0.39, 0.29) is 18.2 Å². The van der Waals surface area contributed by atoms with Crippen LogP contribution in [0, 0.1) is 12.7 Å². The average Bonchev–Trinajstić information content (AvgIpc) is 2.72. The van der Waals surface area contributed by atoms with Crippen molar-refractivity contribution >= 4 is 23.2 Å². The summed E-state index contributed by atoms with van der Waals surface area (Å²) in [6.45, 7) is 4.61. The molecule has 0 aliphatic heterocycles. The quantitative estimate of drug-likeness (QED) is 0.768. The van der Waals surface area contributed by atoms with Crippen molar-refractivity contribution in [1.82, 2.24) is 9.78 Å². The van der Waals surface area contributed by atoms with Crippen LogP contribution in [0.5, 0.6) is 5.75 Å². The number of hydrogen-bond acceptors (Lipinski definition) is 2. The molecule has 0 fully saturated rings. The van der Waals surface area contributed by atoms with Gasteiger partial charge in [0.1, 0.15) is 6.61 Å². The summed E-state index contributed by atoms with van der Waals surface area (Å²) in [5.74, 6) is -0.0778. The molecule has 0 saturated heterocycles. The molecule has 2 aromatic rings. The maximum Gasteiger partial charge on any atom is 0.165 e. The van der Waals surface area contributed by atoms with Crippen molar-refractivity contribution in [2.75, 3.05) is 0 Å². The molecular formula is C14H15Cl2FN2O. The number of hydrogen-bond donors (Lipinski definition) is 0. The molecule has 0 saturated carbocycles. The van der Waals surface area contributed by atoms with Gasteiger partial charge < -0.3 is 4.74 Å². The van der Waals surface area contributed by atoms with Gasteiger partial charge in [-0.3, -0.25) is 4.68 Å². The van der Waals surface area contributed by atoms with E-state index in [1.54, 1.807) is 16.8 Å². The van der Waals surface area contributed by atoms with E-state index in [2.05, 4.69) is 5.10 Å². The Balaban J connectivity index is 2.25. The second-order valence-corrected chi connectivity index (χ2v) is 4.96. The number of rotatable bonds is 5. The maximum absolute atomic E-state index is 13.8. The van der Waals surface area contributed by atoms with E-state index in [0.717, 1.165) is 11.4 Å². The van der Waals surface area contributed by atoms with Crippen LogP contribution in [-0.2, 0) is 19.0 Å². The van der Waals surface area contributed by atoms with Crippen LogP contribution in [0.1, 0.15) is 23.9 Å². The molecule has 0 bridgehead atoms. The summed E-state index contributed by atoms with van der Waals surface area (Å²) in [5, 5.41) is 4.84. The standard InChI is InChI=1S/C14H15Cl2FN2O/c1-3-19-12(13(16)9(2)18-19)8-20-14-10(7-15)5-4-6-11(14)17/h4-6H,3,7-8H2,1-2H3. The Labute approximate surface area is 127 Å². The zero-order valence-corrected chi connectivity index (χ0v) is 12.8. The molecule has 0 unspecified atom stereocenters. The van der Waals surface area contributed by atoms with E-state index in [9.17, 15) is 4.39 Å². The van der Waals surface area contributed by atoms with Crippen LogP contribution in [0.4, 0.5) is 4.39 Å². The molecule has 0 spiro atoms. The molecule has 1 aromatic heterocycles. The van der Waals surface area contributed by atoms with Crippen molar-refractivity contribution in [2.45, 2.75) is 32.9 Å². The fourth-order valence-electron chi connectivity index (χ4n) is 1.97. The Hall–Kier alpha value is -1.26. The molecule has 0 atom stereocenters. The van der Waals surface area contributed by atoms with E-state index in [4.69, 9.17) is 27.9 Å². The van der Waals surface area contributed by atoms with Crippen molar-refractivity contribution in [3.8, 4) is 5.75 Å². The highest BCUT2D eigenvalue weighted by Gasteiger charge is 2.15. The van der Waals surface area contributed by atoms with Gasteiger partial charge in [-0.1, -0.05) is 23.7 Å². The van der Waals surface area contributed by atoms with Gasteiger partial charge in [0.2, 0.25) is 0 Å². The van der Waals surface area contributed by atoms with Gasteiger partial charge in [0.15, 0.2) is 11.6 Å². The van der Waals surface area contributed by atoms with Crippen LogP contribution >= 0.6 is 23.2 Å². The molecule has 2 rings (SSSR count). The van der Waals surface area contributed by atoms with Crippen LogP contribution in [0.3, 0.4) is 0 Å². The lowest BCUT2D eigenvalue weighted by Crippen LogP contribution is -2.08. The second-order valence-electron chi connectivity index (χ2n) is 4.31. The lowest BCUT2D eigenvalue weighted by molar-refractivity contribution is 0.276. The van der Waals surface area contributed by atoms with E-state index in [1.165, 1.54) is 6.07 Å². The third kappa shape index (κ3) is 2.91. The van der Waals surface area contributed by atoms with Crippen LogP contribution in [0.15, 0.2) is 18.2 Å².